The van der Waals surface area contributed by atoms with Gasteiger partial charge in [0.15, 0.2) is 0 Å². The van der Waals surface area contributed by atoms with E-state index >= 15 is 0 Å². The molecule has 22 heavy (non-hydrogen) atoms. The number of benzene rings is 1. The molecule has 2 heterocycles. The van der Waals surface area contributed by atoms with Gasteiger partial charge in [-0.05, 0) is 36.2 Å². The van der Waals surface area contributed by atoms with Crippen LogP contribution in [0.15, 0.2) is 42.7 Å². The summed E-state index contributed by atoms with van der Waals surface area (Å²) in [7, 11) is 0. The van der Waals surface area contributed by atoms with Crippen LogP contribution in [0.5, 0.6) is 5.88 Å². The summed E-state index contributed by atoms with van der Waals surface area (Å²) >= 11 is 6.23. The Morgan fingerprint density at radius 2 is 2.23 bits per heavy atom. The number of rotatable bonds is 5. The van der Waals surface area contributed by atoms with Gasteiger partial charge in [-0.1, -0.05) is 23.7 Å². The van der Waals surface area contributed by atoms with Crippen molar-refractivity contribution in [3.63, 3.8) is 0 Å². The molecule has 0 saturated heterocycles. The van der Waals surface area contributed by atoms with Gasteiger partial charge in [0.25, 0.3) is 6.47 Å². The maximum atomic E-state index is 10.8. The first-order valence-corrected chi connectivity index (χ1v) is 7.12. The van der Waals surface area contributed by atoms with Crippen molar-refractivity contribution in [2.75, 3.05) is 5.32 Å². The average Bonchev–Trinajstić information content (AvgIpc) is 2.97. The van der Waals surface area contributed by atoms with E-state index in [0.717, 1.165) is 11.1 Å². The van der Waals surface area contributed by atoms with E-state index in [2.05, 4.69) is 10.3 Å². The quantitative estimate of drug-likeness (QED) is 0.733. The molecule has 0 amide bonds. The van der Waals surface area contributed by atoms with Gasteiger partial charge in [0.1, 0.15) is 5.65 Å². The lowest BCUT2D eigenvalue weighted by atomic mass is 10.1. The largest absolute Gasteiger partial charge is 0.409 e. The highest BCUT2D eigenvalue weighted by molar-refractivity contribution is 6.31. The Morgan fingerprint density at radius 1 is 1.36 bits per heavy atom. The molecule has 0 unspecified atom stereocenters. The lowest BCUT2D eigenvalue weighted by Crippen LogP contribution is -2.06. The number of carbonyl (C=O) groups excluding carboxylic acids is 1. The summed E-state index contributed by atoms with van der Waals surface area (Å²) in [6.45, 7) is 2.94. The van der Waals surface area contributed by atoms with Crippen LogP contribution in [0.1, 0.15) is 11.1 Å². The van der Waals surface area contributed by atoms with E-state index in [-0.39, 0.29) is 0 Å². The van der Waals surface area contributed by atoms with Gasteiger partial charge in [0.2, 0.25) is 5.88 Å². The topological polar surface area (TPSA) is 55.6 Å². The minimum atomic E-state index is 0.398. The summed E-state index contributed by atoms with van der Waals surface area (Å²) < 4.78 is 6.81. The van der Waals surface area contributed by atoms with E-state index in [1.807, 2.05) is 37.3 Å². The summed E-state index contributed by atoms with van der Waals surface area (Å²) in [6.07, 6.45) is 3.38. The fraction of sp³-hybridized carbons (Fsp3) is 0.125. The number of imidazole rings is 1. The van der Waals surface area contributed by atoms with Crippen LogP contribution in [-0.4, -0.2) is 15.9 Å². The van der Waals surface area contributed by atoms with Crippen molar-refractivity contribution in [3.8, 4) is 5.88 Å². The van der Waals surface area contributed by atoms with Gasteiger partial charge < -0.3 is 10.1 Å². The second kappa shape index (κ2) is 6.07. The van der Waals surface area contributed by atoms with Crippen LogP contribution >= 0.6 is 11.6 Å². The number of hydrogen-bond acceptors (Lipinski definition) is 4. The second-order valence-corrected chi connectivity index (χ2v) is 5.22. The van der Waals surface area contributed by atoms with Crippen molar-refractivity contribution in [2.24, 2.45) is 0 Å². The summed E-state index contributed by atoms with van der Waals surface area (Å²) in [4.78, 5) is 14.9. The van der Waals surface area contributed by atoms with Gasteiger partial charge in [-0.15, -0.1) is 0 Å². The first-order valence-electron chi connectivity index (χ1n) is 6.75. The number of carbonyl (C=O) groups is 1. The zero-order valence-corrected chi connectivity index (χ0v) is 12.7. The number of hydrogen-bond donors (Lipinski definition) is 1. The molecule has 1 N–H and O–H groups in total. The fourth-order valence-corrected chi connectivity index (χ4v) is 2.63. The fourth-order valence-electron chi connectivity index (χ4n) is 2.34. The van der Waals surface area contributed by atoms with E-state index in [1.54, 1.807) is 16.8 Å². The summed E-state index contributed by atoms with van der Waals surface area (Å²) in [5.41, 5.74) is 3.50. The molecule has 3 aromatic rings. The van der Waals surface area contributed by atoms with Gasteiger partial charge in [-0.2, -0.15) is 0 Å². The highest BCUT2D eigenvalue weighted by atomic mass is 35.5. The van der Waals surface area contributed by atoms with Crippen molar-refractivity contribution >= 4 is 29.4 Å². The van der Waals surface area contributed by atoms with Crippen LogP contribution in [0.25, 0.3) is 5.65 Å². The number of aryl methyl sites for hydroxylation is 1. The number of anilines is 1. The molecule has 0 spiro atoms. The zero-order valence-electron chi connectivity index (χ0n) is 11.9. The Labute approximate surface area is 132 Å². The van der Waals surface area contributed by atoms with Gasteiger partial charge in [-0.3, -0.25) is 9.20 Å². The molecule has 0 bridgehead atoms. The highest BCUT2D eigenvalue weighted by Gasteiger charge is 2.11. The van der Waals surface area contributed by atoms with E-state index < -0.39 is 0 Å². The molecule has 0 fully saturated rings. The number of aromatic nitrogens is 2. The minimum absolute atomic E-state index is 0.398. The molecule has 2 aromatic heterocycles. The average molecular weight is 316 g/mol. The van der Waals surface area contributed by atoms with E-state index in [0.29, 0.717) is 35.3 Å². The molecule has 0 aliphatic heterocycles. The monoisotopic (exact) mass is 315 g/mol. The standard InChI is InChI=1S/C16H14ClN3O2/c1-11-3-2-4-13(17)12(11)9-19-14-5-6-15-18-7-8-20(15)16(14)22-10-21/h2-8,10,19H,9H2,1H3. The second-order valence-electron chi connectivity index (χ2n) is 4.81. The normalized spacial score (nSPS) is 10.6. The molecule has 6 heteroatoms. The van der Waals surface area contributed by atoms with Crippen LogP contribution in [0.4, 0.5) is 5.69 Å². The Balaban J connectivity index is 1.93. The van der Waals surface area contributed by atoms with E-state index in [1.165, 1.54) is 0 Å². The van der Waals surface area contributed by atoms with E-state index in [4.69, 9.17) is 16.3 Å². The smallest absolute Gasteiger partial charge is 0.299 e. The predicted octanol–water partition coefficient (Wildman–Crippen LogP) is 3.44. The first-order chi connectivity index (χ1) is 10.7. The number of halogens is 1. The third-order valence-electron chi connectivity index (χ3n) is 3.49. The lowest BCUT2D eigenvalue weighted by Gasteiger charge is -2.14. The number of pyridine rings is 1. The maximum absolute atomic E-state index is 10.8. The molecular weight excluding hydrogens is 302 g/mol. The van der Waals surface area contributed by atoms with Gasteiger partial charge in [0.05, 0.1) is 5.69 Å². The number of nitrogens with one attached hydrogen (secondary N) is 1. The first kappa shape index (κ1) is 14.4. The molecule has 3 rings (SSSR count). The summed E-state index contributed by atoms with van der Waals surface area (Å²) in [5.74, 6) is 0.398. The number of fused-ring (bicyclic) bond motifs is 1. The molecule has 1 aromatic carbocycles. The Morgan fingerprint density at radius 3 is 3.00 bits per heavy atom. The third-order valence-corrected chi connectivity index (χ3v) is 3.84. The van der Waals surface area contributed by atoms with Crippen molar-refractivity contribution < 1.29 is 9.53 Å². The Hall–Kier alpha value is -2.53. The molecule has 0 aliphatic carbocycles. The minimum Gasteiger partial charge on any atom is -0.409 e. The van der Waals surface area contributed by atoms with Crippen LogP contribution < -0.4 is 10.1 Å². The Bertz CT molecular complexity index is 809. The lowest BCUT2D eigenvalue weighted by molar-refractivity contribution is -0.120. The molecule has 0 radical (unpaired) electrons. The SMILES string of the molecule is Cc1cccc(Cl)c1CNc1ccc2nccn2c1OC=O. The van der Waals surface area contributed by atoms with Crippen molar-refractivity contribution in [3.05, 3.63) is 58.9 Å². The molecular formula is C16H14ClN3O2. The van der Waals surface area contributed by atoms with Gasteiger partial charge in [-0.25, -0.2) is 4.98 Å². The van der Waals surface area contributed by atoms with Crippen molar-refractivity contribution in [1.82, 2.24) is 9.38 Å². The highest BCUT2D eigenvalue weighted by Crippen LogP contribution is 2.27. The van der Waals surface area contributed by atoms with Crippen molar-refractivity contribution in [1.29, 1.82) is 0 Å². The maximum Gasteiger partial charge on any atom is 0.299 e. The molecule has 0 aliphatic rings. The van der Waals surface area contributed by atoms with Crippen LogP contribution in [0.2, 0.25) is 5.02 Å². The number of nitrogens with zero attached hydrogens (tertiary/aromatic N) is 2. The Kier molecular flexibility index (Phi) is 3.98. The van der Waals surface area contributed by atoms with Crippen LogP contribution in [0.3, 0.4) is 0 Å². The predicted molar refractivity (Wildman–Crippen MR) is 85.4 cm³/mol. The molecule has 0 saturated carbocycles. The summed E-state index contributed by atoms with van der Waals surface area (Å²) in [6, 6.07) is 9.45. The summed E-state index contributed by atoms with van der Waals surface area (Å²) in [5, 5.41) is 3.96. The van der Waals surface area contributed by atoms with Crippen molar-refractivity contribution in [2.45, 2.75) is 13.5 Å². The van der Waals surface area contributed by atoms with Gasteiger partial charge in [0, 0.05) is 24.0 Å². The van der Waals surface area contributed by atoms with Gasteiger partial charge >= 0.3 is 0 Å². The molecule has 0 atom stereocenters. The van der Waals surface area contributed by atoms with Crippen LogP contribution in [-0.2, 0) is 11.3 Å². The molecule has 112 valence electrons. The number of ether oxygens (including phenoxy) is 1. The zero-order chi connectivity index (χ0) is 15.5. The third kappa shape index (κ3) is 2.63. The molecule has 5 nitrogen and oxygen atoms in total. The van der Waals surface area contributed by atoms with E-state index in [9.17, 15) is 4.79 Å². The van der Waals surface area contributed by atoms with Crippen LogP contribution in [0, 0.1) is 6.92 Å².